The van der Waals surface area contributed by atoms with Crippen LogP contribution >= 0.6 is 22.7 Å². The number of rotatable bonds is 4. The molecule has 4 aromatic rings. The van der Waals surface area contributed by atoms with Gasteiger partial charge in [0.25, 0.3) is 0 Å². The second kappa shape index (κ2) is 6.82. The van der Waals surface area contributed by atoms with E-state index in [0.29, 0.717) is 0 Å². The van der Waals surface area contributed by atoms with E-state index in [9.17, 15) is 0 Å². The maximum Gasteiger partial charge on any atom is 0.125 e. The van der Waals surface area contributed by atoms with Crippen molar-refractivity contribution in [3.8, 4) is 32.3 Å². The largest absolute Gasteiger partial charge is 0.235 e. The van der Waals surface area contributed by atoms with Crippen LogP contribution in [0.15, 0.2) is 71.4 Å². The van der Waals surface area contributed by atoms with E-state index >= 15 is 0 Å². The lowest BCUT2D eigenvalue weighted by Crippen LogP contribution is -2.08. The number of benzene rings is 2. The van der Waals surface area contributed by atoms with Crippen molar-refractivity contribution in [3.63, 3.8) is 0 Å². The van der Waals surface area contributed by atoms with Crippen molar-refractivity contribution < 1.29 is 0 Å². The van der Waals surface area contributed by atoms with Gasteiger partial charge in [0.1, 0.15) is 5.01 Å². The fourth-order valence-electron chi connectivity index (χ4n) is 3.47. The smallest absolute Gasteiger partial charge is 0.125 e. The van der Waals surface area contributed by atoms with Gasteiger partial charge in [-0.25, -0.2) is 4.98 Å². The van der Waals surface area contributed by atoms with Crippen LogP contribution in [0, 0.1) is 0 Å². The van der Waals surface area contributed by atoms with Gasteiger partial charge in [-0.1, -0.05) is 61.0 Å². The van der Waals surface area contributed by atoms with Crippen molar-refractivity contribution in [1.82, 2.24) is 4.98 Å². The third-order valence-electron chi connectivity index (χ3n) is 5.19. The number of thiophene rings is 1. The quantitative estimate of drug-likeness (QED) is 0.361. The third-order valence-corrected chi connectivity index (χ3v) is 7.03. The SMILES string of the molecule is c1ccc(-c2sc(-c3ccsc3)nc2-c2ccc(C3CCC3)cc2)cc1. The van der Waals surface area contributed by atoms with Crippen molar-refractivity contribution >= 4 is 22.7 Å². The van der Waals surface area contributed by atoms with Crippen molar-refractivity contribution in [3.05, 3.63) is 77.0 Å². The molecule has 0 amide bonds. The Bertz CT molecular complexity index is 994. The number of hydrogen-bond donors (Lipinski definition) is 0. The highest BCUT2D eigenvalue weighted by Gasteiger charge is 2.20. The molecule has 0 saturated heterocycles. The number of thiazole rings is 1. The first-order valence-electron chi connectivity index (χ1n) is 9.07. The summed E-state index contributed by atoms with van der Waals surface area (Å²) in [4.78, 5) is 6.29. The van der Waals surface area contributed by atoms with Crippen molar-refractivity contribution in [1.29, 1.82) is 0 Å². The third kappa shape index (κ3) is 2.91. The van der Waals surface area contributed by atoms with Gasteiger partial charge in [0.15, 0.2) is 0 Å². The topological polar surface area (TPSA) is 12.9 Å². The molecule has 2 heterocycles. The molecule has 1 aliphatic rings. The molecular formula is C23H19NS2. The van der Waals surface area contributed by atoms with E-state index in [2.05, 4.69) is 71.4 Å². The second-order valence-electron chi connectivity index (χ2n) is 6.82. The highest BCUT2D eigenvalue weighted by Crippen LogP contribution is 2.42. The van der Waals surface area contributed by atoms with Crippen LogP contribution in [0.1, 0.15) is 30.7 Å². The second-order valence-corrected chi connectivity index (χ2v) is 8.60. The van der Waals surface area contributed by atoms with Crippen LogP contribution in [0.5, 0.6) is 0 Å². The van der Waals surface area contributed by atoms with Gasteiger partial charge in [0.2, 0.25) is 0 Å². The van der Waals surface area contributed by atoms with E-state index in [0.717, 1.165) is 16.6 Å². The Balaban J connectivity index is 1.60. The fraction of sp³-hybridized carbons (Fsp3) is 0.174. The molecule has 2 aromatic carbocycles. The lowest BCUT2D eigenvalue weighted by atomic mass is 9.80. The first kappa shape index (κ1) is 16.0. The summed E-state index contributed by atoms with van der Waals surface area (Å²) in [5, 5.41) is 5.39. The molecular weight excluding hydrogens is 354 g/mol. The summed E-state index contributed by atoms with van der Waals surface area (Å²) in [5.41, 5.74) is 6.25. The van der Waals surface area contributed by atoms with E-state index in [1.807, 2.05) is 0 Å². The molecule has 0 bridgehead atoms. The van der Waals surface area contributed by atoms with Crippen molar-refractivity contribution in [2.75, 3.05) is 0 Å². The average Bonchev–Trinajstić information content (AvgIpc) is 3.31. The van der Waals surface area contributed by atoms with Gasteiger partial charge >= 0.3 is 0 Å². The molecule has 128 valence electrons. The predicted molar refractivity (Wildman–Crippen MR) is 113 cm³/mol. The van der Waals surface area contributed by atoms with E-state index in [1.165, 1.54) is 46.4 Å². The molecule has 1 fully saturated rings. The molecule has 0 spiro atoms. The Morgan fingerprint density at radius 1 is 0.808 bits per heavy atom. The maximum atomic E-state index is 5.03. The highest BCUT2D eigenvalue weighted by molar-refractivity contribution is 7.19. The van der Waals surface area contributed by atoms with E-state index in [1.54, 1.807) is 22.7 Å². The fourth-order valence-corrected chi connectivity index (χ4v) is 5.27. The zero-order valence-corrected chi connectivity index (χ0v) is 16.0. The number of aromatic nitrogens is 1. The molecule has 1 aliphatic carbocycles. The van der Waals surface area contributed by atoms with E-state index < -0.39 is 0 Å². The summed E-state index contributed by atoms with van der Waals surface area (Å²) in [6.07, 6.45) is 4.06. The minimum Gasteiger partial charge on any atom is -0.235 e. The van der Waals surface area contributed by atoms with Crippen LogP contribution in [-0.4, -0.2) is 4.98 Å². The lowest BCUT2D eigenvalue weighted by molar-refractivity contribution is 0.420. The first-order chi connectivity index (χ1) is 12.9. The molecule has 3 heteroatoms. The highest BCUT2D eigenvalue weighted by atomic mass is 32.1. The zero-order valence-electron chi connectivity index (χ0n) is 14.4. The summed E-state index contributed by atoms with van der Waals surface area (Å²) in [6.45, 7) is 0. The van der Waals surface area contributed by atoms with E-state index in [4.69, 9.17) is 4.98 Å². The summed E-state index contributed by atoms with van der Waals surface area (Å²) >= 11 is 3.51. The van der Waals surface area contributed by atoms with Crippen LogP contribution in [-0.2, 0) is 0 Å². The number of hydrogen-bond acceptors (Lipinski definition) is 3. The average molecular weight is 374 g/mol. The minimum absolute atomic E-state index is 0.773. The molecule has 5 rings (SSSR count). The van der Waals surface area contributed by atoms with Gasteiger partial charge in [0, 0.05) is 16.5 Å². The van der Waals surface area contributed by atoms with Gasteiger partial charge in [-0.05, 0) is 41.3 Å². The van der Waals surface area contributed by atoms with Crippen LogP contribution in [0.4, 0.5) is 0 Å². The van der Waals surface area contributed by atoms with E-state index in [-0.39, 0.29) is 0 Å². The molecule has 1 nitrogen and oxygen atoms in total. The Kier molecular flexibility index (Phi) is 4.19. The van der Waals surface area contributed by atoms with Crippen LogP contribution in [0.25, 0.3) is 32.3 Å². The summed E-state index contributed by atoms with van der Waals surface area (Å²) in [6, 6.07) is 21.9. The first-order valence-corrected chi connectivity index (χ1v) is 10.8. The molecule has 0 unspecified atom stereocenters. The minimum atomic E-state index is 0.773. The molecule has 2 aromatic heterocycles. The molecule has 0 N–H and O–H groups in total. The van der Waals surface area contributed by atoms with Crippen molar-refractivity contribution in [2.24, 2.45) is 0 Å². The van der Waals surface area contributed by atoms with Crippen LogP contribution < -0.4 is 0 Å². The van der Waals surface area contributed by atoms with Gasteiger partial charge in [0.05, 0.1) is 10.6 Å². The Hall–Kier alpha value is -2.23. The van der Waals surface area contributed by atoms with Crippen LogP contribution in [0.2, 0.25) is 0 Å². The molecule has 0 aliphatic heterocycles. The normalized spacial score (nSPS) is 14.3. The lowest BCUT2D eigenvalue weighted by Gasteiger charge is -2.25. The molecule has 0 radical (unpaired) electrons. The Morgan fingerprint density at radius 3 is 2.27 bits per heavy atom. The van der Waals surface area contributed by atoms with Crippen LogP contribution in [0.3, 0.4) is 0 Å². The molecule has 0 atom stereocenters. The maximum absolute atomic E-state index is 5.03. The predicted octanol–water partition coefficient (Wildman–Crippen LogP) is 7.47. The molecule has 1 saturated carbocycles. The molecule has 26 heavy (non-hydrogen) atoms. The van der Waals surface area contributed by atoms with Gasteiger partial charge in [-0.15, -0.1) is 11.3 Å². The zero-order chi connectivity index (χ0) is 17.3. The summed E-state index contributed by atoms with van der Waals surface area (Å²) in [5.74, 6) is 0.773. The Morgan fingerprint density at radius 2 is 1.62 bits per heavy atom. The van der Waals surface area contributed by atoms with Gasteiger partial charge in [-0.3, -0.25) is 0 Å². The monoisotopic (exact) mass is 373 g/mol. The summed E-state index contributed by atoms with van der Waals surface area (Å²) < 4.78 is 0. The Labute approximate surface area is 162 Å². The summed E-state index contributed by atoms with van der Waals surface area (Å²) in [7, 11) is 0. The van der Waals surface area contributed by atoms with Gasteiger partial charge < -0.3 is 0 Å². The van der Waals surface area contributed by atoms with Crippen molar-refractivity contribution in [2.45, 2.75) is 25.2 Å². The van der Waals surface area contributed by atoms with Gasteiger partial charge in [-0.2, -0.15) is 11.3 Å². The number of nitrogens with zero attached hydrogens (tertiary/aromatic N) is 1. The standard InChI is InChI=1S/C23H19NS2/c1-2-5-19(6-3-1)22-21(24-23(26-22)20-13-14-25-15-20)18-11-9-17(10-12-18)16-7-4-8-16/h1-3,5-6,9-16H,4,7-8H2.